The largest absolute Gasteiger partial charge is 0.573 e. The molecule has 0 aliphatic rings. The monoisotopic (exact) mass is 398 g/mol. The van der Waals surface area contributed by atoms with Gasteiger partial charge in [-0.2, -0.15) is 18.3 Å². The summed E-state index contributed by atoms with van der Waals surface area (Å²) in [7, 11) is 0. The van der Waals surface area contributed by atoms with Crippen LogP contribution in [0.5, 0.6) is 5.75 Å². The summed E-state index contributed by atoms with van der Waals surface area (Å²) in [6.07, 6.45) is -9.27. The molecule has 0 aliphatic carbocycles. The van der Waals surface area contributed by atoms with Crippen molar-refractivity contribution < 1.29 is 31.1 Å². The number of benzene rings is 2. The lowest BCUT2D eigenvalue weighted by molar-refractivity contribution is -0.274. The van der Waals surface area contributed by atoms with Gasteiger partial charge >= 0.3 is 12.5 Å². The third kappa shape index (κ3) is 4.59. The van der Waals surface area contributed by atoms with Gasteiger partial charge in [0.25, 0.3) is 0 Å². The van der Waals surface area contributed by atoms with E-state index in [0.29, 0.717) is 28.1 Å². The first-order valence-electron chi connectivity index (χ1n) is 7.91. The van der Waals surface area contributed by atoms with E-state index in [1.54, 1.807) is 13.0 Å². The number of ether oxygens (including phenoxy) is 1. The highest BCUT2D eigenvalue weighted by Gasteiger charge is 2.31. The predicted molar refractivity (Wildman–Crippen MR) is 89.3 cm³/mol. The molecule has 0 N–H and O–H groups in total. The maximum atomic E-state index is 12.8. The van der Waals surface area contributed by atoms with Crippen molar-refractivity contribution in [2.24, 2.45) is 0 Å². The molecular weight excluding hydrogens is 386 g/mol. The van der Waals surface area contributed by atoms with Crippen molar-refractivity contribution in [2.75, 3.05) is 0 Å². The Balaban J connectivity index is 2.00. The van der Waals surface area contributed by atoms with Crippen LogP contribution in [0, 0.1) is 6.92 Å². The van der Waals surface area contributed by atoms with Gasteiger partial charge < -0.3 is 4.74 Å². The smallest absolute Gasteiger partial charge is 0.406 e. The second-order valence-corrected chi connectivity index (χ2v) is 5.90. The summed E-state index contributed by atoms with van der Waals surface area (Å²) in [5, 5.41) is 8.00. The van der Waals surface area contributed by atoms with Crippen molar-refractivity contribution in [1.29, 1.82) is 0 Å². The molecule has 28 heavy (non-hydrogen) atoms. The van der Waals surface area contributed by atoms with Gasteiger partial charge in [0.05, 0.1) is 11.3 Å². The minimum Gasteiger partial charge on any atom is -0.406 e. The molecule has 0 atom stereocenters. The van der Waals surface area contributed by atoms with Crippen LogP contribution in [0.3, 0.4) is 0 Å². The van der Waals surface area contributed by atoms with Crippen LogP contribution in [0.15, 0.2) is 54.6 Å². The number of alkyl halides is 6. The van der Waals surface area contributed by atoms with E-state index >= 15 is 0 Å². The number of aryl methyl sites for hydroxylation is 1. The van der Waals surface area contributed by atoms with E-state index in [0.717, 1.165) is 24.3 Å². The molecule has 146 valence electrons. The van der Waals surface area contributed by atoms with Gasteiger partial charge in [-0.15, -0.1) is 18.3 Å². The normalized spacial score (nSPS) is 12.1. The van der Waals surface area contributed by atoms with Crippen LogP contribution in [-0.4, -0.2) is 16.6 Å². The summed E-state index contributed by atoms with van der Waals surface area (Å²) in [4.78, 5) is 0. The van der Waals surface area contributed by atoms with Gasteiger partial charge in [0, 0.05) is 11.1 Å². The van der Waals surface area contributed by atoms with E-state index in [4.69, 9.17) is 0 Å². The second-order valence-electron chi connectivity index (χ2n) is 5.90. The average Bonchev–Trinajstić information content (AvgIpc) is 2.60. The summed E-state index contributed by atoms with van der Waals surface area (Å²) in [6.45, 7) is 1.67. The highest BCUT2D eigenvalue weighted by atomic mass is 19.4. The third-order valence-corrected chi connectivity index (χ3v) is 3.80. The van der Waals surface area contributed by atoms with Crippen LogP contribution in [0.4, 0.5) is 26.3 Å². The van der Waals surface area contributed by atoms with E-state index in [-0.39, 0.29) is 0 Å². The molecule has 0 bridgehead atoms. The van der Waals surface area contributed by atoms with Crippen molar-refractivity contribution in [3.8, 4) is 28.1 Å². The lowest BCUT2D eigenvalue weighted by atomic mass is 9.98. The van der Waals surface area contributed by atoms with E-state index in [2.05, 4.69) is 14.9 Å². The molecule has 0 radical (unpaired) electrons. The number of hydrogen-bond donors (Lipinski definition) is 0. The maximum Gasteiger partial charge on any atom is 0.573 e. The third-order valence-electron chi connectivity index (χ3n) is 3.80. The Hall–Kier alpha value is -3.10. The summed E-state index contributed by atoms with van der Waals surface area (Å²) >= 11 is 0. The van der Waals surface area contributed by atoms with Gasteiger partial charge in [-0.3, -0.25) is 0 Å². The molecule has 0 amide bonds. The van der Waals surface area contributed by atoms with Crippen LogP contribution in [-0.2, 0) is 6.18 Å². The topological polar surface area (TPSA) is 35.0 Å². The van der Waals surface area contributed by atoms with Gasteiger partial charge in [0.15, 0.2) is 0 Å². The SMILES string of the molecule is Cc1cc(-c2ccc(C(F)(F)F)cc2)c(-c2ccc(OC(F)(F)F)cc2)nn1. The van der Waals surface area contributed by atoms with Crippen LogP contribution >= 0.6 is 0 Å². The van der Waals surface area contributed by atoms with Crippen LogP contribution in [0.1, 0.15) is 11.3 Å². The number of aromatic nitrogens is 2. The number of hydrogen-bond acceptors (Lipinski definition) is 3. The molecule has 0 fully saturated rings. The first kappa shape index (κ1) is 19.7. The van der Waals surface area contributed by atoms with Gasteiger partial charge in [-0.25, -0.2) is 0 Å². The number of rotatable bonds is 3. The minimum atomic E-state index is -4.81. The van der Waals surface area contributed by atoms with E-state index in [1.165, 1.54) is 24.3 Å². The standard InChI is InChI=1S/C19H12F6N2O/c1-11-10-16(12-2-6-14(7-3-12)18(20,21)22)17(27-26-11)13-4-8-15(9-5-13)28-19(23,24)25/h2-10H,1H3. The van der Waals surface area contributed by atoms with Gasteiger partial charge in [0.2, 0.25) is 0 Å². The van der Waals surface area contributed by atoms with Crippen molar-refractivity contribution >= 4 is 0 Å². The van der Waals surface area contributed by atoms with E-state index in [1.807, 2.05) is 0 Å². The number of halogens is 6. The zero-order chi connectivity index (χ0) is 20.5. The quantitative estimate of drug-likeness (QED) is 0.505. The lowest BCUT2D eigenvalue weighted by Crippen LogP contribution is -2.16. The molecule has 0 spiro atoms. The Labute approximate surface area is 155 Å². The van der Waals surface area contributed by atoms with Crippen molar-refractivity contribution in [1.82, 2.24) is 10.2 Å². The Morgan fingerprint density at radius 3 is 1.86 bits per heavy atom. The molecule has 0 unspecified atom stereocenters. The van der Waals surface area contributed by atoms with Crippen molar-refractivity contribution in [3.63, 3.8) is 0 Å². The molecular formula is C19H12F6N2O. The predicted octanol–water partition coefficient (Wildman–Crippen LogP) is 6.04. The molecule has 2 aromatic carbocycles. The van der Waals surface area contributed by atoms with Crippen molar-refractivity contribution in [3.05, 3.63) is 65.9 Å². The van der Waals surface area contributed by atoms with Crippen LogP contribution < -0.4 is 4.74 Å². The molecule has 1 aromatic heterocycles. The van der Waals surface area contributed by atoms with E-state index < -0.39 is 23.9 Å². The summed E-state index contributed by atoms with van der Waals surface area (Å²) in [6, 6.07) is 11.2. The fourth-order valence-electron chi connectivity index (χ4n) is 2.58. The molecule has 3 aromatic rings. The Kier molecular flexibility index (Phi) is 5.01. The molecule has 0 saturated heterocycles. The molecule has 1 heterocycles. The van der Waals surface area contributed by atoms with Crippen LogP contribution in [0.25, 0.3) is 22.4 Å². The highest BCUT2D eigenvalue weighted by Crippen LogP contribution is 2.35. The van der Waals surface area contributed by atoms with Crippen molar-refractivity contribution in [2.45, 2.75) is 19.5 Å². The average molecular weight is 398 g/mol. The van der Waals surface area contributed by atoms with Gasteiger partial charge in [-0.1, -0.05) is 12.1 Å². The Morgan fingerprint density at radius 2 is 1.32 bits per heavy atom. The maximum absolute atomic E-state index is 12.8. The second kappa shape index (κ2) is 7.14. The molecule has 3 nitrogen and oxygen atoms in total. The Bertz CT molecular complexity index is 964. The van der Waals surface area contributed by atoms with Gasteiger partial charge in [0.1, 0.15) is 11.4 Å². The first-order valence-corrected chi connectivity index (χ1v) is 7.91. The minimum absolute atomic E-state index is 0.323. The Morgan fingerprint density at radius 1 is 0.750 bits per heavy atom. The summed E-state index contributed by atoms with van der Waals surface area (Å²) < 4.78 is 79.0. The lowest BCUT2D eigenvalue weighted by Gasteiger charge is -2.12. The van der Waals surface area contributed by atoms with Gasteiger partial charge in [-0.05, 0) is 55.0 Å². The molecule has 3 rings (SSSR count). The highest BCUT2D eigenvalue weighted by molar-refractivity contribution is 5.80. The zero-order valence-corrected chi connectivity index (χ0v) is 14.3. The fraction of sp³-hybridized carbons (Fsp3) is 0.158. The zero-order valence-electron chi connectivity index (χ0n) is 14.3. The van der Waals surface area contributed by atoms with E-state index in [9.17, 15) is 26.3 Å². The number of nitrogens with zero attached hydrogens (tertiary/aromatic N) is 2. The molecule has 0 saturated carbocycles. The first-order chi connectivity index (χ1) is 13.0. The summed E-state index contributed by atoms with van der Waals surface area (Å²) in [5.74, 6) is -0.396. The molecule has 0 aliphatic heterocycles. The fourth-order valence-corrected chi connectivity index (χ4v) is 2.58. The summed E-state index contributed by atoms with van der Waals surface area (Å²) in [5.41, 5.74) is 1.49. The molecule has 9 heteroatoms. The van der Waals surface area contributed by atoms with Crippen LogP contribution in [0.2, 0.25) is 0 Å².